The minimum atomic E-state index is 0.338. The number of rotatable bonds is 6. The first-order chi connectivity index (χ1) is 10.2. The number of ether oxygens (including phenoxy) is 2. The van der Waals surface area contributed by atoms with Crippen molar-refractivity contribution in [1.82, 2.24) is 5.32 Å². The Hall–Kier alpha value is -1.52. The molecular weight excluding hydrogens is 282 g/mol. The second-order valence-electron chi connectivity index (χ2n) is 5.63. The van der Waals surface area contributed by atoms with Crippen LogP contribution in [0, 0.1) is 5.92 Å². The first-order valence-corrected chi connectivity index (χ1v) is 8.27. The highest BCUT2D eigenvalue weighted by Gasteiger charge is 2.16. The van der Waals surface area contributed by atoms with Crippen LogP contribution in [0.3, 0.4) is 0 Å². The van der Waals surface area contributed by atoms with Gasteiger partial charge in [0.25, 0.3) is 0 Å². The molecular formula is C17H21NO2S. The third-order valence-corrected chi connectivity index (χ3v) is 4.69. The van der Waals surface area contributed by atoms with Crippen LogP contribution in [0.25, 0.3) is 0 Å². The first-order valence-electron chi connectivity index (χ1n) is 7.39. The summed E-state index contributed by atoms with van der Waals surface area (Å²) in [7, 11) is 0. The van der Waals surface area contributed by atoms with Crippen LogP contribution in [-0.4, -0.2) is 13.3 Å². The van der Waals surface area contributed by atoms with Gasteiger partial charge in [-0.25, -0.2) is 0 Å². The Bertz CT molecular complexity index is 580. The molecule has 3 nitrogen and oxygen atoms in total. The molecule has 0 saturated carbocycles. The summed E-state index contributed by atoms with van der Waals surface area (Å²) in [6, 6.07) is 11.0. The normalized spacial score (nSPS) is 14.6. The van der Waals surface area contributed by atoms with E-state index in [2.05, 4.69) is 48.8 Å². The smallest absolute Gasteiger partial charge is 0.231 e. The van der Waals surface area contributed by atoms with E-state index in [-0.39, 0.29) is 0 Å². The Labute approximate surface area is 129 Å². The molecule has 112 valence electrons. The minimum Gasteiger partial charge on any atom is -0.454 e. The summed E-state index contributed by atoms with van der Waals surface area (Å²) in [5.41, 5.74) is 1.28. The van der Waals surface area contributed by atoms with Gasteiger partial charge in [0.15, 0.2) is 11.5 Å². The van der Waals surface area contributed by atoms with E-state index in [9.17, 15) is 0 Å². The van der Waals surface area contributed by atoms with E-state index >= 15 is 0 Å². The molecule has 0 radical (unpaired) electrons. The summed E-state index contributed by atoms with van der Waals surface area (Å²) in [5.74, 6) is 2.30. The van der Waals surface area contributed by atoms with E-state index in [1.165, 1.54) is 10.4 Å². The van der Waals surface area contributed by atoms with Crippen molar-refractivity contribution in [3.05, 3.63) is 46.2 Å². The van der Waals surface area contributed by atoms with Gasteiger partial charge < -0.3 is 14.8 Å². The van der Waals surface area contributed by atoms with Gasteiger partial charge in [-0.2, -0.15) is 0 Å². The van der Waals surface area contributed by atoms with Gasteiger partial charge in [-0.15, -0.1) is 11.3 Å². The molecule has 2 aromatic rings. The summed E-state index contributed by atoms with van der Waals surface area (Å²) in [6.07, 6.45) is 0.991. The molecule has 1 N–H and O–H groups in total. The summed E-state index contributed by atoms with van der Waals surface area (Å²) in [5, 5.41) is 5.82. The average Bonchev–Trinajstić information content (AvgIpc) is 3.13. The summed E-state index contributed by atoms with van der Waals surface area (Å²) in [4.78, 5) is 1.41. The second kappa shape index (κ2) is 6.50. The van der Waals surface area contributed by atoms with Crippen molar-refractivity contribution < 1.29 is 9.47 Å². The molecule has 2 heterocycles. The lowest BCUT2D eigenvalue weighted by Crippen LogP contribution is -2.27. The van der Waals surface area contributed by atoms with E-state index in [0.717, 1.165) is 24.5 Å². The molecule has 1 aliphatic heterocycles. The topological polar surface area (TPSA) is 30.5 Å². The van der Waals surface area contributed by atoms with Crippen molar-refractivity contribution in [2.24, 2.45) is 5.92 Å². The Morgan fingerprint density at radius 3 is 2.81 bits per heavy atom. The van der Waals surface area contributed by atoms with Gasteiger partial charge in [0.2, 0.25) is 6.79 Å². The first kappa shape index (κ1) is 14.4. The van der Waals surface area contributed by atoms with Crippen LogP contribution in [0.15, 0.2) is 35.7 Å². The van der Waals surface area contributed by atoms with Crippen molar-refractivity contribution in [1.29, 1.82) is 0 Å². The van der Waals surface area contributed by atoms with E-state index in [1.807, 2.05) is 17.4 Å². The van der Waals surface area contributed by atoms with Gasteiger partial charge in [-0.3, -0.25) is 0 Å². The van der Waals surface area contributed by atoms with Gasteiger partial charge in [-0.1, -0.05) is 26.0 Å². The lowest BCUT2D eigenvalue weighted by Gasteiger charge is -2.21. The quantitative estimate of drug-likeness (QED) is 0.874. The fourth-order valence-electron chi connectivity index (χ4n) is 2.60. The summed E-state index contributed by atoms with van der Waals surface area (Å²) >= 11 is 1.82. The van der Waals surface area contributed by atoms with Gasteiger partial charge in [0.05, 0.1) is 0 Å². The van der Waals surface area contributed by atoms with E-state index in [1.54, 1.807) is 0 Å². The highest BCUT2D eigenvalue weighted by atomic mass is 32.1. The number of nitrogens with one attached hydrogen (secondary N) is 1. The lowest BCUT2D eigenvalue weighted by atomic mass is 10.0. The van der Waals surface area contributed by atoms with Crippen molar-refractivity contribution in [3.63, 3.8) is 0 Å². The second-order valence-corrected chi connectivity index (χ2v) is 6.61. The molecule has 0 bridgehead atoms. The van der Waals surface area contributed by atoms with E-state index < -0.39 is 0 Å². The van der Waals surface area contributed by atoms with Gasteiger partial charge in [-0.05, 0) is 48.0 Å². The Balaban J connectivity index is 1.57. The number of hydrogen-bond acceptors (Lipinski definition) is 4. The zero-order chi connectivity index (χ0) is 14.7. The maximum Gasteiger partial charge on any atom is 0.231 e. The van der Waals surface area contributed by atoms with Gasteiger partial charge in [0.1, 0.15) is 0 Å². The zero-order valence-corrected chi connectivity index (χ0v) is 13.3. The molecule has 4 heteroatoms. The van der Waals surface area contributed by atoms with E-state index in [4.69, 9.17) is 9.47 Å². The number of thiophene rings is 1. The van der Waals surface area contributed by atoms with Crippen LogP contribution in [0.5, 0.6) is 11.5 Å². The summed E-state index contributed by atoms with van der Waals surface area (Å²) in [6.45, 7) is 5.82. The van der Waals surface area contributed by atoms with Crippen LogP contribution >= 0.6 is 11.3 Å². The SMILES string of the molecule is CC(C)C(NCCc1ccc2c(c1)OCO2)c1cccs1. The predicted octanol–water partition coefficient (Wildman–Crippen LogP) is 4.01. The molecule has 0 saturated heterocycles. The molecule has 1 aromatic heterocycles. The van der Waals surface area contributed by atoms with Crippen molar-refractivity contribution in [2.75, 3.05) is 13.3 Å². The zero-order valence-electron chi connectivity index (χ0n) is 12.5. The van der Waals surface area contributed by atoms with Crippen molar-refractivity contribution in [3.8, 4) is 11.5 Å². The Morgan fingerprint density at radius 2 is 2.05 bits per heavy atom. The molecule has 0 aliphatic carbocycles. The largest absolute Gasteiger partial charge is 0.454 e. The van der Waals surface area contributed by atoms with Crippen molar-refractivity contribution in [2.45, 2.75) is 26.3 Å². The monoisotopic (exact) mass is 303 g/mol. The fourth-order valence-corrected chi connectivity index (χ4v) is 3.58. The molecule has 0 spiro atoms. The standard InChI is InChI=1S/C17H21NO2S/c1-12(2)17(16-4-3-9-21-16)18-8-7-13-5-6-14-15(10-13)20-11-19-14/h3-6,9-10,12,17-18H,7-8,11H2,1-2H3. The number of benzene rings is 1. The highest BCUT2D eigenvalue weighted by molar-refractivity contribution is 7.10. The third kappa shape index (κ3) is 3.39. The number of hydrogen-bond donors (Lipinski definition) is 1. The lowest BCUT2D eigenvalue weighted by molar-refractivity contribution is 0.174. The molecule has 3 rings (SSSR count). The van der Waals surface area contributed by atoms with Crippen LogP contribution in [0.1, 0.15) is 30.3 Å². The number of fused-ring (bicyclic) bond motifs is 1. The van der Waals surface area contributed by atoms with E-state index in [0.29, 0.717) is 18.8 Å². The predicted molar refractivity (Wildman–Crippen MR) is 86.2 cm³/mol. The maximum absolute atomic E-state index is 5.42. The molecule has 1 unspecified atom stereocenters. The third-order valence-electron chi connectivity index (χ3n) is 3.73. The van der Waals surface area contributed by atoms with Crippen LogP contribution < -0.4 is 14.8 Å². The molecule has 0 amide bonds. The molecule has 0 fully saturated rings. The molecule has 1 aliphatic rings. The molecule has 21 heavy (non-hydrogen) atoms. The molecule has 1 aromatic carbocycles. The van der Waals surface area contributed by atoms with Crippen LogP contribution in [0.2, 0.25) is 0 Å². The highest BCUT2D eigenvalue weighted by Crippen LogP contribution is 2.32. The van der Waals surface area contributed by atoms with Gasteiger partial charge >= 0.3 is 0 Å². The Morgan fingerprint density at radius 1 is 1.19 bits per heavy atom. The molecule has 1 atom stereocenters. The Kier molecular flexibility index (Phi) is 4.46. The minimum absolute atomic E-state index is 0.338. The fraction of sp³-hybridized carbons (Fsp3) is 0.412. The average molecular weight is 303 g/mol. The summed E-state index contributed by atoms with van der Waals surface area (Å²) < 4.78 is 10.8. The van der Waals surface area contributed by atoms with Crippen LogP contribution in [-0.2, 0) is 6.42 Å². The van der Waals surface area contributed by atoms with Crippen LogP contribution in [0.4, 0.5) is 0 Å². The van der Waals surface area contributed by atoms with Gasteiger partial charge in [0, 0.05) is 10.9 Å². The maximum atomic E-state index is 5.42. The van der Waals surface area contributed by atoms with Crippen molar-refractivity contribution >= 4 is 11.3 Å².